The monoisotopic (exact) mass is 413 g/mol. The second-order valence-electron chi connectivity index (χ2n) is 6.15. The fraction of sp³-hybridized carbons (Fsp3) is 0.250. The average Bonchev–Trinajstić information content (AvgIpc) is 2.73. The van der Waals surface area contributed by atoms with Crippen LogP contribution in [-0.4, -0.2) is 36.6 Å². The zero-order valence-electron chi connectivity index (χ0n) is 16.5. The molecule has 0 fully saturated rings. The summed E-state index contributed by atoms with van der Waals surface area (Å²) in [6, 6.07) is 10.7. The Balaban J connectivity index is 1.92. The lowest BCUT2D eigenvalue weighted by molar-refractivity contribution is -0.385. The molecule has 1 amide bonds. The molecule has 10 nitrogen and oxygen atoms in total. The number of esters is 1. The fourth-order valence-electron chi connectivity index (χ4n) is 2.41. The van der Waals surface area contributed by atoms with Crippen LogP contribution in [0.5, 0.6) is 11.5 Å². The summed E-state index contributed by atoms with van der Waals surface area (Å²) in [5.41, 5.74) is 0.959. The molecule has 0 aliphatic rings. The molecule has 2 aromatic carbocycles. The van der Waals surface area contributed by atoms with E-state index in [2.05, 4.69) is 5.32 Å². The first-order valence-corrected chi connectivity index (χ1v) is 8.71. The van der Waals surface area contributed by atoms with Crippen LogP contribution >= 0.6 is 0 Å². The van der Waals surface area contributed by atoms with Gasteiger partial charge in [-0.05, 0) is 43.7 Å². The van der Waals surface area contributed by atoms with E-state index in [1.807, 2.05) is 6.07 Å². The number of carbonyl (C=O) groups excluding carboxylic acids is 2. The van der Waals surface area contributed by atoms with Gasteiger partial charge in [-0.3, -0.25) is 14.9 Å². The minimum absolute atomic E-state index is 0.0117. The van der Waals surface area contributed by atoms with Crippen LogP contribution in [0, 0.1) is 28.4 Å². The summed E-state index contributed by atoms with van der Waals surface area (Å²) in [6.07, 6.45) is -0.980. The molecule has 1 N–H and O–H groups in total. The Kier molecular flexibility index (Phi) is 7.30. The van der Waals surface area contributed by atoms with E-state index < -0.39 is 29.5 Å². The third-order valence-corrected chi connectivity index (χ3v) is 3.97. The quantitative estimate of drug-likeness (QED) is 0.396. The van der Waals surface area contributed by atoms with Gasteiger partial charge in [0.05, 0.1) is 23.7 Å². The number of nitro benzene ring substituents is 1. The van der Waals surface area contributed by atoms with E-state index in [-0.39, 0.29) is 11.4 Å². The number of methoxy groups -OCH3 is 1. The number of carbonyl (C=O) groups is 2. The molecule has 0 spiro atoms. The second-order valence-corrected chi connectivity index (χ2v) is 6.15. The molecule has 2 rings (SSSR count). The van der Waals surface area contributed by atoms with Gasteiger partial charge in [-0.1, -0.05) is 0 Å². The van der Waals surface area contributed by atoms with Gasteiger partial charge in [0, 0.05) is 17.8 Å². The summed E-state index contributed by atoms with van der Waals surface area (Å²) >= 11 is 0. The molecule has 30 heavy (non-hydrogen) atoms. The Morgan fingerprint density at radius 2 is 1.93 bits per heavy atom. The number of ether oxygens (including phenoxy) is 3. The number of hydrogen-bond acceptors (Lipinski definition) is 8. The Morgan fingerprint density at radius 1 is 1.27 bits per heavy atom. The number of nitrogens with one attached hydrogen (secondary N) is 1. The van der Waals surface area contributed by atoms with Crippen molar-refractivity contribution in [2.24, 2.45) is 0 Å². The largest absolute Gasteiger partial charge is 0.490 e. The first kappa shape index (κ1) is 22.2. The molecular formula is C20H19N3O7. The van der Waals surface area contributed by atoms with Crippen LogP contribution in [0.15, 0.2) is 36.4 Å². The Morgan fingerprint density at radius 3 is 2.50 bits per heavy atom. The van der Waals surface area contributed by atoms with E-state index in [4.69, 9.17) is 19.5 Å². The van der Waals surface area contributed by atoms with Crippen LogP contribution in [0.3, 0.4) is 0 Å². The molecule has 0 unspecified atom stereocenters. The van der Waals surface area contributed by atoms with Crippen molar-refractivity contribution in [2.75, 3.05) is 19.0 Å². The minimum atomic E-state index is -0.980. The molecule has 0 saturated carbocycles. The molecule has 2 aromatic rings. The lowest BCUT2D eigenvalue weighted by Crippen LogP contribution is -2.29. The van der Waals surface area contributed by atoms with Gasteiger partial charge in [0.1, 0.15) is 5.75 Å². The van der Waals surface area contributed by atoms with Gasteiger partial charge in [0.15, 0.2) is 18.5 Å². The van der Waals surface area contributed by atoms with Gasteiger partial charge >= 0.3 is 11.7 Å². The number of nitrogens with zero attached hydrogens (tertiary/aromatic N) is 2. The number of nitro groups is 1. The standard InChI is InChI=1S/C20H19N3O7/c1-12-8-17(23(26)27)18(28-3)9-16(12)22-19(24)11-29-20(25)13(2)30-15-6-4-14(10-21)5-7-15/h4-9,13H,11H2,1-3H3,(H,22,24)/t13-/m1/s1. The molecule has 0 heterocycles. The summed E-state index contributed by atoms with van der Waals surface area (Å²) in [5, 5.41) is 22.3. The zero-order valence-corrected chi connectivity index (χ0v) is 16.5. The number of amides is 1. The highest BCUT2D eigenvalue weighted by molar-refractivity contribution is 5.94. The highest BCUT2D eigenvalue weighted by atomic mass is 16.6. The predicted molar refractivity (Wildman–Crippen MR) is 105 cm³/mol. The molecule has 10 heteroatoms. The molecule has 156 valence electrons. The van der Waals surface area contributed by atoms with E-state index in [0.29, 0.717) is 22.6 Å². The number of rotatable bonds is 8. The summed E-state index contributed by atoms with van der Waals surface area (Å²) in [6.45, 7) is 2.48. The summed E-state index contributed by atoms with van der Waals surface area (Å²) in [7, 11) is 1.28. The topological polar surface area (TPSA) is 141 Å². The third kappa shape index (κ3) is 5.68. The molecule has 1 atom stereocenters. The molecule has 0 aliphatic heterocycles. The highest BCUT2D eigenvalue weighted by Crippen LogP contribution is 2.32. The average molecular weight is 413 g/mol. The van der Waals surface area contributed by atoms with Crippen LogP contribution in [0.25, 0.3) is 0 Å². The normalized spacial score (nSPS) is 11.0. The van der Waals surface area contributed by atoms with Crippen LogP contribution in [-0.2, 0) is 14.3 Å². The maximum Gasteiger partial charge on any atom is 0.347 e. The van der Waals surface area contributed by atoms with Crippen molar-refractivity contribution in [1.29, 1.82) is 5.26 Å². The SMILES string of the molecule is COc1cc(NC(=O)COC(=O)[C@@H](C)Oc2ccc(C#N)cc2)c(C)cc1[N+](=O)[O-]. The third-order valence-electron chi connectivity index (χ3n) is 3.97. The van der Waals surface area contributed by atoms with Crippen LogP contribution in [0.4, 0.5) is 11.4 Å². The number of nitriles is 1. The second kappa shape index (κ2) is 9.88. The van der Waals surface area contributed by atoms with Gasteiger partial charge in [-0.25, -0.2) is 4.79 Å². The Bertz CT molecular complexity index is 997. The van der Waals surface area contributed by atoms with E-state index in [9.17, 15) is 19.7 Å². The van der Waals surface area contributed by atoms with Crippen molar-refractivity contribution in [3.63, 3.8) is 0 Å². The van der Waals surface area contributed by atoms with Crippen molar-refractivity contribution in [3.05, 3.63) is 57.6 Å². The number of aryl methyl sites for hydroxylation is 1. The van der Waals surface area contributed by atoms with Crippen LogP contribution in [0.1, 0.15) is 18.1 Å². The molecular weight excluding hydrogens is 394 g/mol. The van der Waals surface area contributed by atoms with E-state index in [1.165, 1.54) is 26.2 Å². The molecule has 0 aliphatic carbocycles. The minimum Gasteiger partial charge on any atom is -0.490 e. The van der Waals surface area contributed by atoms with Crippen LogP contribution < -0.4 is 14.8 Å². The van der Waals surface area contributed by atoms with E-state index in [0.717, 1.165) is 0 Å². The van der Waals surface area contributed by atoms with Gasteiger partial charge in [-0.2, -0.15) is 5.26 Å². The summed E-state index contributed by atoms with van der Waals surface area (Å²) in [5.74, 6) is -1.03. The van der Waals surface area contributed by atoms with Gasteiger partial charge < -0.3 is 19.5 Å². The molecule has 0 radical (unpaired) electrons. The maximum absolute atomic E-state index is 12.1. The molecule has 0 aromatic heterocycles. The lowest BCUT2D eigenvalue weighted by Gasteiger charge is -2.14. The number of hydrogen-bond donors (Lipinski definition) is 1. The lowest BCUT2D eigenvalue weighted by atomic mass is 10.1. The van der Waals surface area contributed by atoms with Crippen molar-refractivity contribution in [1.82, 2.24) is 0 Å². The van der Waals surface area contributed by atoms with Crippen molar-refractivity contribution < 1.29 is 28.7 Å². The van der Waals surface area contributed by atoms with Crippen molar-refractivity contribution in [2.45, 2.75) is 20.0 Å². The van der Waals surface area contributed by atoms with Gasteiger partial charge in [0.25, 0.3) is 5.91 Å². The number of benzene rings is 2. The Labute approximate surface area is 172 Å². The van der Waals surface area contributed by atoms with Crippen molar-refractivity contribution in [3.8, 4) is 17.6 Å². The van der Waals surface area contributed by atoms with Gasteiger partial charge in [0.2, 0.25) is 0 Å². The van der Waals surface area contributed by atoms with E-state index in [1.54, 1.807) is 31.2 Å². The van der Waals surface area contributed by atoms with Gasteiger partial charge in [-0.15, -0.1) is 0 Å². The highest BCUT2D eigenvalue weighted by Gasteiger charge is 2.20. The van der Waals surface area contributed by atoms with Crippen molar-refractivity contribution >= 4 is 23.3 Å². The fourth-order valence-corrected chi connectivity index (χ4v) is 2.41. The Hall–Kier alpha value is -4.13. The maximum atomic E-state index is 12.1. The summed E-state index contributed by atoms with van der Waals surface area (Å²) < 4.78 is 15.3. The van der Waals surface area contributed by atoms with E-state index >= 15 is 0 Å². The smallest absolute Gasteiger partial charge is 0.347 e. The van der Waals surface area contributed by atoms with Crippen LogP contribution in [0.2, 0.25) is 0 Å². The number of anilines is 1. The molecule has 0 bridgehead atoms. The molecule has 0 saturated heterocycles. The first-order valence-electron chi connectivity index (χ1n) is 8.71. The first-order chi connectivity index (χ1) is 14.2. The predicted octanol–water partition coefficient (Wildman–Crippen LogP) is 2.73. The zero-order chi connectivity index (χ0) is 22.3. The summed E-state index contributed by atoms with van der Waals surface area (Å²) in [4.78, 5) is 34.6.